The van der Waals surface area contributed by atoms with Crippen molar-refractivity contribution in [2.24, 2.45) is 5.92 Å². The first-order valence-electron chi connectivity index (χ1n) is 19.0. The number of phenols is 2. The number of carbonyl (C=O) groups is 4. The van der Waals surface area contributed by atoms with Gasteiger partial charge in [0, 0.05) is 12.3 Å². The molecule has 0 bridgehead atoms. The second-order valence-corrected chi connectivity index (χ2v) is 13.4. The van der Waals surface area contributed by atoms with Crippen LogP contribution in [0.4, 0.5) is 0 Å². The highest BCUT2D eigenvalue weighted by Gasteiger charge is 2.24. The minimum absolute atomic E-state index is 0.122. The van der Waals surface area contributed by atoms with E-state index in [0.717, 1.165) is 103 Å². The summed E-state index contributed by atoms with van der Waals surface area (Å²) in [6, 6.07) is 9.90. The molecule has 1 unspecified atom stereocenters. The number of benzene rings is 2. The van der Waals surface area contributed by atoms with Crippen molar-refractivity contribution in [3.05, 3.63) is 58.7 Å². The molecule has 0 fully saturated rings. The molecule has 0 aliphatic carbocycles. The Morgan fingerprint density at radius 2 is 0.960 bits per heavy atom. The number of aryl methyl sites for hydroxylation is 2. The van der Waals surface area contributed by atoms with E-state index in [-0.39, 0.29) is 29.0 Å². The van der Waals surface area contributed by atoms with Gasteiger partial charge in [-0.3, -0.25) is 40.9 Å². The monoisotopic (exact) mass is 694 g/mol. The van der Waals surface area contributed by atoms with E-state index in [0.29, 0.717) is 30.4 Å². The molecule has 2 aromatic rings. The fraction of sp³-hybridized carbons (Fsp3) is 0.600. The minimum Gasteiger partial charge on any atom is -0.507 e. The fourth-order valence-corrected chi connectivity index (χ4v) is 6.20. The molecule has 0 radical (unpaired) electrons. The maximum atomic E-state index is 13.3. The van der Waals surface area contributed by atoms with Crippen molar-refractivity contribution in [1.82, 2.24) is 21.7 Å². The van der Waals surface area contributed by atoms with Crippen LogP contribution in [0.15, 0.2) is 36.4 Å². The normalized spacial score (nSPS) is 11.5. The maximum absolute atomic E-state index is 13.3. The van der Waals surface area contributed by atoms with Gasteiger partial charge in [-0.2, -0.15) is 0 Å². The summed E-state index contributed by atoms with van der Waals surface area (Å²) in [7, 11) is 0. The Labute approximate surface area is 299 Å². The van der Waals surface area contributed by atoms with Gasteiger partial charge >= 0.3 is 0 Å². The molecule has 4 amide bonds. The second kappa shape index (κ2) is 25.0. The summed E-state index contributed by atoms with van der Waals surface area (Å²) in [5, 5.41) is 21.0. The second-order valence-electron chi connectivity index (χ2n) is 13.4. The number of nitrogens with one attached hydrogen (secondary N) is 4. The van der Waals surface area contributed by atoms with E-state index in [2.05, 4.69) is 42.5 Å². The first-order valence-corrected chi connectivity index (χ1v) is 19.0. The molecule has 1 atom stereocenters. The first-order chi connectivity index (χ1) is 24.2. The van der Waals surface area contributed by atoms with Crippen LogP contribution in [0.5, 0.6) is 11.5 Å². The Kier molecular flexibility index (Phi) is 21.0. The van der Waals surface area contributed by atoms with Crippen molar-refractivity contribution in [3.8, 4) is 11.5 Å². The van der Waals surface area contributed by atoms with Crippen molar-refractivity contribution in [2.75, 3.05) is 0 Å². The summed E-state index contributed by atoms with van der Waals surface area (Å²) in [5.74, 6) is -3.46. The van der Waals surface area contributed by atoms with Gasteiger partial charge in [-0.15, -0.1) is 0 Å². The van der Waals surface area contributed by atoms with Gasteiger partial charge in [0.15, 0.2) is 0 Å². The van der Waals surface area contributed by atoms with Gasteiger partial charge in [0.25, 0.3) is 11.8 Å². The van der Waals surface area contributed by atoms with Crippen LogP contribution in [0.1, 0.15) is 168 Å². The van der Waals surface area contributed by atoms with Crippen molar-refractivity contribution in [2.45, 2.75) is 149 Å². The summed E-state index contributed by atoms with van der Waals surface area (Å²) in [5.41, 5.74) is 11.4. The van der Waals surface area contributed by atoms with E-state index in [9.17, 15) is 29.4 Å². The summed E-state index contributed by atoms with van der Waals surface area (Å²) in [6.07, 6.45) is 18.1. The number of hydrogen-bond donors (Lipinski definition) is 6. The average Bonchev–Trinajstić information content (AvgIpc) is 3.10. The quantitative estimate of drug-likeness (QED) is 0.0482. The molecule has 0 saturated carbocycles. The number of amides is 4. The lowest BCUT2D eigenvalue weighted by Crippen LogP contribution is -2.47. The third kappa shape index (κ3) is 15.6. The number of unbranched alkanes of at least 4 members (excludes halogenated alkanes) is 13. The zero-order valence-electron chi connectivity index (χ0n) is 30.7. The molecule has 0 aromatic heterocycles. The van der Waals surface area contributed by atoms with Crippen LogP contribution in [0.2, 0.25) is 0 Å². The van der Waals surface area contributed by atoms with Crippen LogP contribution in [-0.2, 0) is 22.4 Å². The number of carbonyl (C=O) groups excluding carboxylic acids is 4. The summed E-state index contributed by atoms with van der Waals surface area (Å²) < 4.78 is 0. The lowest BCUT2D eigenvalue weighted by Gasteiger charge is -2.18. The molecule has 6 N–H and O–H groups in total. The molecule has 0 aliphatic rings. The number of phenolic OH excluding ortho intramolecular Hbond substituents is 2. The van der Waals surface area contributed by atoms with Gasteiger partial charge < -0.3 is 10.2 Å². The number of hydrogen-bond acceptors (Lipinski definition) is 6. The topological polar surface area (TPSA) is 157 Å². The van der Waals surface area contributed by atoms with Crippen LogP contribution in [0, 0.1) is 5.92 Å². The van der Waals surface area contributed by atoms with Crippen LogP contribution >= 0.6 is 0 Å². The third-order valence-corrected chi connectivity index (χ3v) is 9.13. The molecule has 2 rings (SSSR count). The maximum Gasteiger partial charge on any atom is 0.273 e. The van der Waals surface area contributed by atoms with Crippen LogP contribution in [0.25, 0.3) is 0 Å². The smallest absolute Gasteiger partial charge is 0.273 e. The van der Waals surface area contributed by atoms with Gasteiger partial charge in [-0.1, -0.05) is 135 Å². The fourth-order valence-electron chi connectivity index (χ4n) is 6.20. The Bertz CT molecular complexity index is 1330. The number of rotatable bonds is 24. The van der Waals surface area contributed by atoms with E-state index in [1.54, 1.807) is 18.2 Å². The van der Waals surface area contributed by atoms with E-state index in [4.69, 9.17) is 0 Å². The zero-order valence-corrected chi connectivity index (χ0v) is 30.7. The third-order valence-electron chi connectivity index (χ3n) is 9.13. The molecular formula is C40H62N4O6. The molecule has 0 aliphatic heterocycles. The van der Waals surface area contributed by atoms with E-state index >= 15 is 0 Å². The van der Waals surface area contributed by atoms with E-state index in [1.807, 2.05) is 6.07 Å². The largest absolute Gasteiger partial charge is 0.507 e. The molecule has 0 saturated heterocycles. The lowest BCUT2D eigenvalue weighted by molar-refractivity contribution is -0.131. The molecule has 10 nitrogen and oxygen atoms in total. The predicted octanol–water partition coefficient (Wildman–Crippen LogP) is 8.10. The van der Waals surface area contributed by atoms with Crippen LogP contribution in [-0.4, -0.2) is 33.8 Å². The van der Waals surface area contributed by atoms with Crippen molar-refractivity contribution >= 4 is 23.6 Å². The lowest BCUT2D eigenvalue weighted by atomic mass is 9.96. The Hall–Kier alpha value is -4.08. The average molecular weight is 695 g/mol. The molecule has 0 heterocycles. The zero-order chi connectivity index (χ0) is 36.6. The van der Waals surface area contributed by atoms with Gasteiger partial charge in [-0.25, -0.2) is 0 Å². The Morgan fingerprint density at radius 3 is 1.44 bits per heavy atom. The molecule has 278 valence electrons. The number of hydrazine groups is 2. The summed E-state index contributed by atoms with van der Waals surface area (Å²) in [4.78, 5) is 52.7. The van der Waals surface area contributed by atoms with Crippen molar-refractivity contribution in [1.29, 1.82) is 0 Å². The highest BCUT2D eigenvalue weighted by atomic mass is 16.3. The van der Waals surface area contributed by atoms with Gasteiger partial charge in [0.2, 0.25) is 11.8 Å². The van der Waals surface area contributed by atoms with Gasteiger partial charge in [0.1, 0.15) is 11.5 Å². The van der Waals surface area contributed by atoms with Crippen LogP contribution < -0.4 is 21.7 Å². The number of aromatic hydroxyl groups is 2. The van der Waals surface area contributed by atoms with Crippen molar-refractivity contribution < 1.29 is 29.4 Å². The first kappa shape index (κ1) is 42.1. The summed E-state index contributed by atoms with van der Waals surface area (Å²) >= 11 is 0. The standard InChI is InChI=1S/C40H62N4O6/c1-4-7-10-13-16-19-24-32(38(48)42-44-40(50)37-31(26-21-28-34(37)46)23-18-15-12-9-6-3)29-35(47)41-43-39(49)36-30(25-20-27-33(36)45)22-17-14-11-8-5-2/h20-21,25-28,32,45-46H,4-19,22-24,29H2,1-3H3,(H,41,47)(H,42,48)(H,43,49)(H,44,50). The SMILES string of the molecule is CCCCCCCCC(CC(=O)NNC(=O)c1c(O)cccc1CCCCCCC)C(=O)NNC(=O)c1c(O)cccc1CCCCCCC. The van der Waals surface area contributed by atoms with E-state index in [1.165, 1.54) is 12.1 Å². The summed E-state index contributed by atoms with van der Waals surface area (Å²) in [6.45, 7) is 6.45. The van der Waals surface area contributed by atoms with Gasteiger partial charge in [-0.05, 0) is 55.4 Å². The van der Waals surface area contributed by atoms with Crippen LogP contribution in [0.3, 0.4) is 0 Å². The predicted molar refractivity (Wildman–Crippen MR) is 198 cm³/mol. The highest BCUT2D eigenvalue weighted by molar-refractivity contribution is 6.00. The molecule has 50 heavy (non-hydrogen) atoms. The molecule has 2 aromatic carbocycles. The van der Waals surface area contributed by atoms with Crippen molar-refractivity contribution in [3.63, 3.8) is 0 Å². The minimum atomic E-state index is -0.774. The van der Waals surface area contributed by atoms with E-state index < -0.39 is 29.5 Å². The molecule has 10 heteroatoms. The Morgan fingerprint density at radius 1 is 0.540 bits per heavy atom. The van der Waals surface area contributed by atoms with Gasteiger partial charge in [0.05, 0.1) is 11.1 Å². The molecule has 0 spiro atoms. The Balaban J connectivity index is 2.03. The highest BCUT2D eigenvalue weighted by Crippen LogP contribution is 2.24. The molecular weight excluding hydrogens is 632 g/mol.